The van der Waals surface area contributed by atoms with Crippen molar-refractivity contribution in [3.8, 4) is 0 Å². The fraction of sp³-hybridized carbons (Fsp3) is 0.533. The van der Waals surface area contributed by atoms with Gasteiger partial charge in [-0.15, -0.1) is 0 Å². The Morgan fingerprint density at radius 3 is 2.26 bits per heavy atom. The van der Waals surface area contributed by atoms with Gasteiger partial charge in [-0.25, -0.2) is 0 Å². The second-order valence-electron chi connectivity index (χ2n) is 5.22. The lowest BCUT2D eigenvalue weighted by Gasteiger charge is -2.12. The normalized spacial score (nSPS) is 12.6. The molecule has 1 aromatic rings. The van der Waals surface area contributed by atoms with Crippen LogP contribution in [0.3, 0.4) is 0 Å². The first kappa shape index (κ1) is 15.7. The van der Waals surface area contributed by atoms with Crippen LogP contribution in [0.15, 0.2) is 24.3 Å². The minimum absolute atomic E-state index is 0.416. The van der Waals surface area contributed by atoms with Crippen molar-refractivity contribution in [2.24, 2.45) is 5.92 Å². The van der Waals surface area contributed by atoms with Crippen LogP contribution in [0.4, 0.5) is 0 Å². The van der Waals surface area contributed by atoms with Crippen LogP contribution in [0, 0.1) is 5.92 Å². The van der Waals surface area contributed by atoms with Crippen LogP contribution in [0.5, 0.6) is 0 Å². The summed E-state index contributed by atoms with van der Waals surface area (Å²) in [4.78, 5) is 10.8. The molecule has 0 fully saturated rings. The van der Waals surface area contributed by atoms with Crippen LogP contribution in [0.2, 0.25) is 0 Å². The molecule has 0 saturated heterocycles. The third-order valence-corrected chi connectivity index (χ3v) is 2.99. The quantitative estimate of drug-likeness (QED) is 0.668. The average molecular weight is 264 g/mol. The molecular weight excluding hydrogens is 240 g/mol. The highest BCUT2D eigenvalue weighted by Gasteiger charge is 2.13. The van der Waals surface area contributed by atoms with Gasteiger partial charge in [0.15, 0.2) is 0 Å². The summed E-state index contributed by atoms with van der Waals surface area (Å²) >= 11 is 0. The number of carboxylic acids is 1. The summed E-state index contributed by atoms with van der Waals surface area (Å²) in [5, 5.41) is 14.8. The highest BCUT2D eigenvalue weighted by molar-refractivity contribution is 5.73. The summed E-state index contributed by atoms with van der Waals surface area (Å²) in [6.45, 7) is 5.52. The molecule has 0 aliphatic carbocycles. The topological polar surface area (TPSA) is 61.4 Å². The van der Waals surface area contributed by atoms with Crippen molar-refractivity contribution >= 4 is 5.97 Å². The van der Waals surface area contributed by atoms with E-state index in [1.54, 1.807) is 7.05 Å². The number of carboxylic acid groups (broad SMARTS) is 1. The molecule has 106 valence electrons. The van der Waals surface area contributed by atoms with Gasteiger partial charge in [0.25, 0.3) is 0 Å². The maximum Gasteiger partial charge on any atom is 0.322 e. The standard InChI is InChI=1S/C15H24N2O2/c1-11(2)8-12-4-6-13(7-5-12)9-17-10-14(16-3)15(18)19/h4-7,11,14,16-17H,8-10H2,1-3H3,(H,18,19). The average Bonchev–Trinajstić information content (AvgIpc) is 2.35. The van der Waals surface area contributed by atoms with Gasteiger partial charge in [0.1, 0.15) is 6.04 Å². The lowest BCUT2D eigenvalue weighted by atomic mass is 10.0. The van der Waals surface area contributed by atoms with E-state index < -0.39 is 12.0 Å². The Bertz CT molecular complexity index is 388. The predicted octanol–water partition coefficient (Wildman–Crippen LogP) is 1.65. The zero-order chi connectivity index (χ0) is 14.3. The zero-order valence-corrected chi connectivity index (χ0v) is 11.9. The Labute approximate surface area is 115 Å². The maximum absolute atomic E-state index is 10.8. The first-order valence-electron chi connectivity index (χ1n) is 6.71. The molecule has 1 aromatic carbocycles. The highest BCUT2D eigenvalue weighted by atomic mass is 16.4. The molecule has 0 aliphatic rings. The van der Waals surface area contributed by atoms with Gasteiger partial charge in [0, 0.05) is 13.1 Å². The molecule has 1 atom stereocenters. The molecule has 0 radical (unpaired) electrons. The van der Waals surface area contributed by atoms with Crippen molar-refractivity contribution in [3.05, 3.63) is 35.4 Å². The fourth-order valence-electron chi connectivity index (χ4n) is 1.94. The summed E-state index contributed by atoms with van der Waals surface area (Å²) < 4.78 is 0. The summed E-state index contributed by atoms with van der Waals surface area (Å²) in [5.74, 6) is -0.168. The molecule has 0 amide bonds. The number of hydrogen-bond donors (Lipinski definition) is 3. The van der Waals surface area contributed by atoms with Crippen molar-refractivity contribution in [2.45, 2.75) is 32.9 Å². The molecule has 0 aliphatic heterocycles. The number of benzene rings is 1. The molecule has 3 N–H and O–H groups in total. The molecular formula is C15H24N2O2. The number of nitrogens with one attached hydrogen (secondary N) is 2. The van der Waals surface area contributed by atoms with E-state index in [-0.39, 0.29) is 0 Å². The maximum atomic E-state index is 10.8. The number of likely N-dealkylation sites (N-methyl/N-ethyl adjacent to an activating group) is 1. The van der Waals surface area contributed by atoms with Gasteiger partial charge in [0.2, 0.25) is 0 Å². The van der Waals surface area contributed by atoms with Crippen molar-refractivity contribution in [3.63, 3.8) is 0 Å². The fourth-order valence-corrected chi connectivity index (χ4v) is 1.94. The van der Waals surface area contributed by atoms with Crippen LogP contribution in [-0.2, 0) is 17.8 Å². The Kier molecular flexibility index (Phi) is 6.53. The molecule has 0 bridgehead atoms. The van der Waals surface area contributed by atoms with Crippen molar-refractivity contribution in [1.29, 1.82) is 0 Å². The lowest BCUT2D eigenvalue weighted by Crippen LogP contribution is -2.42. The van der Waals surface area contributed by atoms with E-state index in [0.29, 0.717) is 19.0 Å². The largest absolute Gasteiger partial charge is 0.480 e. The smallest absolute Gasteiger partial charge is 0.322 e. The molecule has 4 nitrogen and oxygen atoms in total. The second-order valence-corrected chi connectivity index (χ2v) is 5.22. The first-order valence-corrected chi connectivity index (χ1v) is 6.71. The Morgan fingerprint density at radius 1 is 1.21 bits per heavy atom. The highest BCUT2D eigenvalue weighted by Crippen LogP contribution is 2.09. The van der Waals surface area contributed by atoms with E-state index in [1.165, 1.54) is 11.1 Å². The second kappa shape index (κ2) is 7.92. The van der Waals surface area contributed by atoms with Crippen LogP contribution < -0.4 is 10.6 Å². The van der Waals surface area contributed by atoms with E-state index in [4.69, 9.17) is 5.11 Å². The Morgan fingerprint density at radius 2 is 1.79 bits per heavy atom. The SMILES string of the molecule is CNC(CNCc1ccc(CC(C)C)cc1)C(=O)O. The Balaban J connectivity index is 2.39. The molecule has 0 saturated carbocycles. The van der Waals surface area contributed by atoms with Gasteiger partial charge in [-0.05, 0) is 30.5 Å². The molecule has 0 heterocycles. The van der Waals surface area contributed by atoms with Crippen molar-refractivity contribution < 1.29 is 9.90 Å². The minimum Gasteiger partial charge on any atom is -0.480 e. The third kappa shape index (κ3) is 5.85. The number of rotatable bonds is 8. The third-order valence-electron chi connectivity index (χ3n) is 2.99. The van der Waals surface area contributed by atoms with E-state index in [9.17, 15) is 4.79 Å². The zero-order valence-electron chi connectivity index (χ0n) is 11.9. The number of aliphatic carboxylic acids is 1. The summed E-state index contributed by atoms with van der Waals surface area (Å²) in [6.07, 6.45) is 1.09. The summed E-state index contributed by atoms with van der Waals surface area (Å²) in [7, 11) is 1.65. The molecule has 1 rings (SSSR count). The van der Waals surface area contributed by atoms with Crippen LogP contribution >= 0.6 is 0 Å². The van der Waals surface area contributed by atoms with Crippen molar-refractivity contribution in [1.82, 2.24) is 10.6 Å². The molecule has 19 heavy (non-hydrogen) atoms. The summed E-state index contributed by atoms with van der Waals surface area (Å²) in [5.41, 5.74) is 2.52. The molecule has 4 heteroatoms. The van der Waals surface area contributed by atoms with Crippen LogP contribution in [-0.4, -0.2) is 30.7 Å². The van der Waals surface area contributed by atoms with Gasteiger partial charge in [-0.2, -0.15) is 0 Å². The summed E-state index contributed by atoms with van der Waals surface area (Å²) in [6, 6.07) is 7.94. The minimum atomic E-state index is -0.831. The van der Waals surface area contributed by atoms with E-state index in [2.05, 4.69) is 48.7 Å². The van der Waals surface area contributed by atoms with Crippen LogP contribution in [0.25, 0.3) is 0 Å². The van der Waals surface area contributed by atoms with Gasteiger partial charge >= 0.3 is 5.97 Å². The van der Waals surface area contributed by atoms with Gasteiger partial charge < -0.3 is 15.7 Å². The Hall–Kier alpha value is -1.39. The molecule has 0 aromatic heterocycles. The van der Waals surface area contributed by atoms with E-state index >= 15 is 0 Å². The van der Waals surface area contributed by atoms with Crippen molar-refractivity contribution in [2.75, 3.05) is 13.6 Å². The first-order chi connectivity index (χ1) is 9.02. The number of carbonyl (C=O) groups is 1. The lowest BCUT2D eigenvalue weighted by molar-refractivity contribution is -0.139. The predicted molar refractivity (Wildman–Crippen MR) is 77.2 cm³/mol. The molecule has 1 unspecified atom stereocenters. The van der Waals surface area contributed by atoms with E-state index in [0.717, 1.165) is 6.42 Å². The van der Waals surface area contributed by atoms with E-state index in [1.807, 2.05) is 0 Å². The van der Waals surface area contributed by atoms with Gasteiger partial charge in [-0.1, -0.05) is 38.1 Å². The monoisotopic (exact) mass is 264 g/mol. The van der Waals surface area contributed by atoms with Crippen LogP contribution in [0.1, 0.15) is 25.0 Å². The molecule has 0 spiro atoms. The van der Waals surface area contributed by atoms with Gasteiger partial charge in [0.05, 0.1) is 0 Å². The number of hydrogen-bond acceptors (Lipinski definition) is 3. The van der Waals surface area contributed by atoms with Gasteiger partial charge in [-0.3, -0.25) is 4.79 Å².